The first-order chi connectivity index (χ1) is 12.0. The van der Waals surface area contributed by atoms with Gasteiger partial charge in [0.15, 0.2) is 0 Å². The number of hydrogen-bond acceptors (Lipinski definition) is 4. The molecule has 0 radical (unpaired) electrons. The number of amides is 4. The van der Waals surface area contributed by atoms with Crippen LogP contribution in [0, 0.1) is 6.92 Å². The molecule has 7 nitrogen and oxygen atoms in total. The third kappa shape index (κ3) is 4.17. The van der Waals surface area contributed by atoms with Gasteiger partial charge in [-0.3, -0.25) is 19.4 Å². The maximum Gasteiger partial charge on any atom is 0.324 e. The van der Waals surface area contributed by atoms with Crippen LogP contribution >= 0.6 is 0 Å². The molecule has 2 aliphatic heterocycles. The van der Waals surface area contributed by atoms with Crippen molar-refractivity contribution in [3.8, 4) is 0 Å². The first kappa shape index (κ1) is 17.4. The number of carbonyl (C=O) groups is 3. The first-order valence-corrected chi connectivity index (χ1v) is 8.67. The Bertz CT molecular complexity index is 668. The Morgan fingerprint density at radius 3 is 2.40 bits per heavy atom. The van der Waals surface area contributed by atoms with Crippen molar-refractivity contribution in [3.63, 3.8) is 0 Å². The molecule has 4 amide bonds. The van der Waals surface area contributed by atoms with Crippen LogP contribution in [0.3, 0.4) is 0 Å². The second-order valence-electron chi connectivity index (χ2n) is 6.54. The summed E-state index contributed by atoms with van der Waals surface area (Å²) in [6.07, 6.45) is 0.416. The molecule has 0 saturated carbocycles. The van der Waals surface area contributed by atoms with Crippen molar-refractivity contribution < 1.29 is 14.4 Å². The van der Waals surface area contributed by atoms with E-state index in [1.54, 1.807) is 0 Å². The molecule has 7 heteroatoms. The molecule has 134 valence electrons. The van der Waals surface area contributed by atoms with Gasteiger partial charge in [-0.25, -0.2) is 4.79 Å². The van der Waals surface area contributed by atoms with Gasteiger partial charge in [-0.15, -0.1) is 0 Å². The Morgan fingerprint density at radius 1 is 1.04 bits per heavy atom. The molecule has 1 N–H and O–H groups in total. The lowest BCUT2D eigenvalue weighted by Crippen LogP contribution is -2.52. The molecule has 0 aliphatic carbocycles. The zero-order chi connectivity index (χ0) is 17.8. The van der Waals surface area contributed by atoms with Crippen LogP contribution in [0.5, 0.6) is 0 Å². The van der Waals surface area contributed by atoms with Crippen LogP contribution in [0.1, 0.15) is 11.1 Å². The highest BCUT2D eigenvalue weighted by Crippen LogP contribution is 2.11. The number of carbonyl (C=O) groups excluding carboxylic acids is 3. The van der Waals surface area contributed by atoms with Crippen LogP contribution in [0.15, 0.2) is 24.3 Å². The summed E-state index contributed by atoms with van der Waals surface area (Å²) in [6.45, 7) is 5.74. The van der Waals surface area contributed by atoms with Gasteiger partial charge in [-0.1, -0.05) is 24.3 Å². The minimum Gasteiger partial charge on any atom is -0.340 e. The summed E-state index contributed by atoms with van der Waals surface area (Å²) in [6, 6.07) is 7.62. The van der Waals surface area contributed by atoms with Crippen molar-refractivity contribution in [2.24, 2.45) is 0 Å². The summed E-state index contributed by atoms with van der Waals surface area (Å²) < 4.78 is 0. The van der Waals surface area contributed by atoms with E-state index in [-0.39, 0.29) is 24.4 Å². The summed E-state index contributed by atoms with van der Waals surface area (Å²) in [7, 11) is 0. The fraction of sp³-hybridized carbons (Fsp3) is 0.500. The van der Waals surface area contributed by atoms with E-state index in [9.17, 15) is 14.4 Å². The molecule has 25 heavy (non-hydrogen) atoms. The second-order valence-corrected chi connectivity index (χ2v) is 6.54. The summed E-state index contributed by atoms with van der Waals surface area (Å²) in [5, 5.41) is 2.63. The van der Waals surface area contributed by atoms with E-state index in [1.807, 2.05) is 41.0 Å². The van der Waals surface area contributed by atoms with Gasteiger partial charge in [-0.05, 0) is 18.1 Å². The standard InChI is InChI=1S/C18H24N4O3/c1-14-4-2-3-5-15(14)12-16(23)21-10-8-20(9-11-21)13-17(24)22-7-6-19-18(22)25/h2-5H,6-13H2,1H3,(H,19,25). The lowest BCUT2D eigenvalue weighted by atomic mass is 10.1. The van der Waals surface area contributed by atoms with E-state index in [0.717, 1.165) is 11.1 Å². The van der Waals surface area contributed by atoms with Crippen molar-refractivity contribution in [2.75, 3.05) is 45.8 Å². The monoisotopic (exact) mass is 344 g/mol. The number of piperazine rings is 1. The summed E-state index contributed by atoms with van der Waals surface area (Å²) in [5.41, 5.74) is 2.19. The van der Waals surface area contributed by atoms with Gasteiger partial charge in [0.05, 0.1) is 13.0 Å². The van der Waals surface area contributed by atoms with Gasteiger partial charge >= 0.3 is 6.03 Å². The third-order valence-electron chi connectivity index (χ3n) is 4.84. The SMILES string of the molecule is Cc1ccccc1CC(=O)N1CCN(CC(=O)N2CCNC2=O)CC1. The van der Waals surface area contributed by atoms with Gasteiger partial charge < -0.3 is 10.2 Å². The zero-order valence-electron chi connectivity index (χ0n) is 14.5. The molecule has 2 fully saturated rings. The minimum atomic E-state index is -0.308. The highest BCUT2D eigenvalue weighted by molar-refractivity contribution is 5.96. The van der Waals surface area contributed by atoms with Crippen LogP contribution in [-0.4, -0.2) is 78.4 Å². The number of hydrogen-bond donors (Lipinski definition) is 1. The van der Waals surface area contributed by atoms with E-state index in [4.69, 9.17) is 0 Å². The lowest BCUT2D eigenvalue weighted by molar-refractivity contribution is -0.133. The van der Waals surface area contributed by atoms with Gasteiger partial charge in [0.1, 0.15) is 0 Å². The van der Waals surface area contributed by atoms with Gasteiger partial charge in [-0.2, -0.15) is 0 Å². The van der Waals surface area contributed by atoms with Crippen molar-refractivity contribution in [2.45, 2.75) is 13.3 Å². The molecule has 1 aromatic rings. The van der Waals surface area contributed by atoms with E-state index >= 15 is 0 Å². The molecule has 0 bridgehead atoms. The molecule has 2 aliphatic rings. The Balaban J connectivity index is 1.47. The highest BCUT2D eigenvalue weighted by Gasteiger charge is 2.29. The average Bonchev–Trinajstić information content (AvgIpc) is 3.03. The molecule has 3 rings (SSSR count). The van der Waals surface area contributed by atoms with Crippen molar-refractivity contribution in [1.29, 1.82) is 0 Å². The van der Waals surface area contributed by atoms with Crippen LogP contribution in [0.4, 0.5) is 4.79 Å². The van der Waals surface area contributed by atoms with Crippen LogP contribution in [-0.2, 0) is 16.0 Å². The smallest absolute Gasteiger partial charge is 0.324 e. The number of imide groups is 1. The maximum absolute atomic E-state index is 12.5. The first-order valence-electron chi connectivity index (χ1n) is 8.67. The molecule has 2 saturated heterocycles. The van der Waals surface area contributed by atoms with Gasteiger partial charge in [0.25, 0.3) is 0 Å². The Hall–Kier alpha value is -2.41. The molecular formula is C18H24N4O3. The number of aryl methyl sites for hydroxylation is 1. The van der Waals surface area contributed by atoms with E-state index in [2.05, 4.69) is 5.32 Å². The number of rotatable bonds is 4. The summed E-state index contributed by atoms with van der Waals surface area (Å²) in [4.78, 5) is 41.3. The molecule has 0 unspecified atom stereocenters. The summed E-state index contributed by atoms with van der Waals surface area (Å²) in [5.74, 6) is -0.0473. The zero-order valence-corrected chi connectivity index (χ0v) is 14.5. The Labute approximate surface area is 147 Å². The molecule has 0 atom stereocenters. The summed E-state index contributed by atoms with van der Waals surface area (Å²) >= 11 is 0. The molecule has 0 spiro atoms. The Morgan fingerprint density at radius 2 is 1.76 bits per heavy atom. The second kappa shape index (κ2) is 7.65. The molecule has 1 aromatic carbocycles. The fourth-order valence-corrected chi connectivity index (χ4v) is 3.22. The molecular weight excluding hydrogens is 320 g/mol. The highest BCUT2D eigenvalue weighted by atomic mass is 16.2. The van der Waals surface area contributed by atoms with Crippen molar-refractivity contribution in [3.05, 3.63) is 35.4 Å². The molecule has 2 heterocycles. The van der Waals surface area contributed by atoms with Gasteiger partial charge in [0, 0.05) is 39.3 Å². The Kier molecular flexibility index (Phi) is 5.33. The number of nitrogens with zero attached hydrogens (tertiary/aromatic N) is 3. The van der Waals surface area contributed by atoms with Crippen LogP contribution in [0.25, 0.3) is 0 Å². The predicted octanol–water partition coefficient (Wildman–Crippen LogP) is 0.234. The minimum absolute atomic E-state index is 0.124. The van der Waals surface area contributed by atoms with Crippen LogP contribution < -0.4 is 5.32 Å². The van der Waals surface area contributed by atoms with E-state index in [0.29, 0.717) is 45.7 Å². The van der Waals surface area contributed by atoms with Crippen LogP contribution in [0.2, 0.25) is 0 Å². The van der Waals surface area contributed by atoms with Crippen molar-refractivity contribution >= 4 is 17.8 Å². The van der Waals surface area contributed by atoms with E-state index < -0.39 is 0 Å². The van der Waals surface area contributed by atoms with E-state index in [1.165, 1.54) is 4.90 Å². The number of nitrogens with one attached hydrogen (secondary N) is 1. The quantitative estimate of drug-likeness (QED) is 0.849. The van der Waals surface area contributed by atoms with Crippen molar-refractivity contribution in [1.82, 2.24) is 20.0 Å². The number of urea groups is 1. The predicted molar refractivity (Wildman–Crippen MR) is 93.0 cm³/mol. The maximum atomic E-state index is 12.5. The normalized spacial score (nSPS) is 18.4. The lowest BCUT2D eigenvalue weighted by Gasteiger charge is -2.34. The topological polar surface area (TPSA) is 73.0 Å². The van der Waals surface area contributed by atoms with Gasteiger partial charge in [0.2, 0.25) is 11.8 Å². The third-order valence-corrected chi connectivity index (χ3v) is 4.84. The number of benzene rings is 1. The molecule has 0 aromatic heterocycles. The average molecular weight is 344 g/mol. The largest absolute Gasteiger partial charge is 0.340 e. The fourth-order valence-electron chi connectivity index (χ4n) is 3.22.